The van der Waals surface area contributed by atoms with Crippen LogP contribution in [0.15, 0.2) is 48.5 Å². The van der Waals surface area contributed by atoms with Gasteiger partial charge in [0.2, 0.25) is 11.8 Å². The van der Waals surface area contributed by atoms with E-state index in [0.29, 0.717) is 30.3 Å². The molecule has 2 aromatic rings. The van der Waals surface area contributed by atoms with Crippen molar-refractivity contribution >= 4 is 17.5 Å². The van der Waals surface area contributed by atoms with Gasteiger partial charge in [0.15, 0.2) is 0 Å². The summed E-state index contributed by atoms with van der Waals surface area (Å²) in [6.07, 6.45) is 0.182. The summed E-state index contributed by atoms with van der Waals surface area (Å²) in [6, 6.07) is 15.0. The molecule has 26 heavy (non-hydrogen) atoms. The van der Waals surface area contributed by atoms with Gasteiger partial charge in [-0.3, -0.25) is 9.59 Å². The lowest BCUT2D eigenvalue weighted by Gasteiger charge is -2.20. The van der Waals surface area contributed by atoms with Crippen LogP contribution in [0.5, 0.6) is 11.5 Å². The van der Waals surface area contributed by atoms with Gasteiger partial charge in [-0.1, -0.05) is 30.3 Å². The molecule has 6 heteroatoms. The van der Waals surface area contributed by atoms with E-state index in [1.54, 1.807) is 37.3 Å². The molecule has 0 spiro atoms. The molecule has 2 amide bonds. The van der Waals surface area contributed by atoms with Crippen LogP contribution in [-0.2, 0) is 16.1 Å². The van der Waals surface area contributed by atoms with Crippen LogP contribution >= 0.6 is 0 Å². The molecule has 1 heterocycles. The standard InChI is InChI=1S/C20H22N2O4/c1-25-16-8-9-18(26-2)17(11-16)22-13-15(10-19(22)23)20(24)21-12-14-6-4-3-5-7-14/h3-9,11,15H,10,12-13H2,1-2H3,(H,21,24)/t15-/m0/s1. The Morgan fingerprint density at radius 1 is 1.15 bits per heavy atom. The van der Waals surface area contributed by atoms with E-state index in [4.69, 9.17) is 9.47 Å². The SMILES string of the molecule is COc1ccc(OC)c(N2C[C@@H](C(=O)NCc3ccccc3)CC2=O)c1. The maximum atomic E-state index is 12.5. The number of nitrogens with zero attached hydrogens (tertiary/aromatic N) is 1. The van der Waals surface area contributed by atoms with Crippen molar-refractivity contribution in [3.63, 3.8) is 0 Å². The average Bonchev–Trinajstić information content (AvgIpc) is 3.08. The molecule has 6 nitrogen and oxygen atoms in total. The normalized spacial score (nSPS) is 16.5. The second kappa shape index (κ2) is 7.91. The number of amides is 2. The van der Waals surface area contributed by atoms with Crippen molar-refractivity contribution in [3.8, 4) is 11.5 Å². The zero-order chi connectivity index (χ0) is 18.5. The highest BCUT2D eigenvalue weighted by atomic mass is 16.5. The number of carbonyl (C=O) groups excluding carboxylic acids is 2. The Labute approximate surface area is 152 Å². The van der Waals surface area contributed by atoms with Crippen molar-refractivity contribution in [2.75, 3.05) is 25.7 Å². The van der Waals surface area contributed by atoms with Gasteiger partial charge < -0.3 is 19.7 Å². The lowest BCUT2D eigenvalue weighted by molar-refractivity contribution is -0.126. The van der Waals surface area contributed by atoms with Crippen LogP contribution in [0.3, 0.4) is 0 Å². The van der Waals surface area contributed by atoms with Gasteiger partial charge in [-0.2, -0.15) is 0 Å². The van der Waals surface area contributed by atoms with Crippen LogP contribution < -0.4 is 19.7 Å². The molecule has 1 aliphatic rings. The zero-order valence-corrected chi connectivity index (χ0v) is 14.9. The van der Waals surface area contributed by atoms with Crippen molar-refractivity contribution < 1.29 is 19.1 Å². The molecule has 1 saturated heterocycles. The lowest BCUT2D eigenvalue weighted by Crippen LogP contribution is -2.32. The molecule has 0 aliphatic carbocycles. The number of rotatable bonds is 6. The molecule has 2 aromatic carbocycles. The first-order valence-corrected chi connectivity index (χ1v) is 8.46. The highest BCUT2D eigenvalue weighted by Gasteiger charge is 2.36. The molecule has 136 valence electrons. The summed E-state index contributed by atoms with van der Waals surface area (Å²) >= 11 is 0. The van der Waals surface area contributed by atoms with E-state index in [-0.39, 0.29) is 24.2 Å². The Hall–Kier alpha value is -3.02. The van der Waals surface area contributed by atoms with Gasteiger partial charge in [0, 0.05) is 25.6 Å². The molecule has 0 saturated carbocycles. The predicted octanol–water partition coefficient (Wildman–Crippen LogP) is 2.37. The number of nitrogens with one attached hydrogen (secondary N) is 1. The summed E-state index contributed by atoms with van der Waals surface area (Å²) in [5.41, 5.74) is 1.65. The van der Waals surface area contributed by atoms with Crippen LogP contribution in [0.2, 0.25) is 0 Å². The first-order valence-electron chi connectivity index (χ1n) is 8.46. The third-order valence-electron chi connectivity index (χ3n) is 4.48. The quantitative estimate of drug-likeness (QED) is 0.865. The molecule has 0 aromatic heterocycles. The van der Waals surface area contributed by atoms with E-state index in [1.807, 2.05) is 30.3 Å². The van der Waals surface area contributed by atoms with E-state index in [0.717, 1.165) is 5.56 Å². The van der Waals surface area contributed by atoms with E-state index in [2.05, 4.69) is 5.32 Å². The first-order chi connectivity index (χ1) is 12.6. The Kier molecular flexibility index (Phi) is 5.41. The van der Waals surface area contributed by atoms with E-state index < -0.39 is 0 Å². The Morgan fingerprint density at radius 3 is 2.62 bits per heavy atom. The maximum absolute atomic E-state index is 12.5. The summed E-state index contributed by atoms with van der Waals surface area (Å²) in [5, 5.41) is 2.91. The third-order valence-corrected chi connectivity index (χ3v) is 4.48. The highest BCUT2D eigenvalue weighted by Crippen LogP contribution is 2.36. The van der Waals surface area contributed by atoms with Crippen molar-refractivity contribution in [2.24, 2.45) is 5.92 Å². The zero-order valence-electron chi connectivity index (χ0n) is 14.9. The number of benzene rings is 2. The molecule has 3 rings (SSSR count). The van der Waals surface area contributed by atoms with Crippen LogP contribution in [0.4, 0.5) is 5.69 Å². The molecular weight excluding hydrogens is 332 g/mol. The van der Waals surface area contributed by atoms with Crippen molar-refractivity contribution in [1.29, 1.82) is 0 Å². The molecular formula is C20H22N2O4. The molecule has 0 unspecified atom stereocenters. The maximum Gasteiger partial charge on any atom is 0.227 e. The van der Waals surface area contributed by atoms with Crippen molar-refractivity contribution in [1.82, 2.24) is 5.32 Å². The number of ether oxygens (including phenoxy) is 2. The predicted molar refractivity (Wildman–Crippen MR) is 98.3 cm³/mol. The van der Waals surface area contributed by atoms with Gasteiger partial charge in [0.05, 0.1) is 25.8 Å². The van der Waals surface area contributed by atoms with Gasteiger partial charge >= 0.3 is 0 Å². The smallest absolute Gasteiger partial charge is 0.227 e. The second-order valence-corrected chi connectivity index (χ2v) is 6.15. The first kappa shape index (κ1) is 17.8. The number of hydrogen-bond donors (Lipinski definition) is 1. The highest BCUT2D eigenvalue weighted by molar-refractivity contribution is 6.01. The number of carbonyl (C=O) groups is 2. The minimum absolute atomic E-state index is 0.101. The van der Waals surface area contributed by atoms with Gasteiger partial charge in [-0.15, -0.1) is 0 Å². The minimum Gasteiger partial charge on any atom is -0.497 e. The molecule has 0 bridgehead atoms. The number of anilines is 1. The van der Waals surface area contributed by atoms with Gasteiger partial charge in [-0.05, 0) is 17.7 Å². The molecule has 1 N–H and O–H groups in total. The monoisotopic (exact) mass is 354 g/mol. The Morgan fingerprint density at radius 2 is 1.92 bits per heavy atom. The van der Waals surface area contributed by atoms with Crippen LogP contribution in [0.25, 0.3) is 0 Å². The summed E-state index contributed by atoms with van der Waals surface area (Å²) in [6.45, 7) is 0.774. The summed E-state index contributed by atoms with van der Waals surface area (Å²) < 4.78 is 10.6. The summed E-state index contributed by atoms with van der Waals surface area (Å²) in [4.78, 5) is 26.5. The fraction of sp³-hybridized carbons (Fsp3) is 0.300. The minimum atomic E-state index is -0.387. The van der Waals surface area contributed by atoms with E-state index in [9.17, 15) is 9.59 Å². The molecule has 1 fully saturated rings. The fourth-order valence-electron chi connectivity index (χ4n) is 3.05. The molecule has 0 radical (unpaired) electrons. The third kappa shape index (κ3) is 3.79. The molecule has 1 atom stereocenters. The summed E-state index contributed by atoms with van der Waals surface area (Å²) in [7, 11) is 3.12. The van der Waals surface area contributed by atoms with E-state index >= 15 is 0 Å². The average molecular weight is 354 g/mol. The van der Waals surface area contributed by atoms with E-state index in [1.165, 1.54) is 0 Å². The number of methoxy groups -OCH3 is 2. The lowest BCUT2D eigenvalue weighted by atomic mass is 10.1. The van der Waals surface area contributed by atoms with Crippen LogP contribution in [0, 0.1) is 5.92 Å². The van der Waals surface area contributed by atoms with Gasteiger partial charge in [-0.25, -0.2) is 0 Å². The van der Waals surface area contributed by atoms with Crippen LogP contribution in [0.1, 0.15) is 12.0 Å². The number of hydrogen-bond acceptors (Lipinski definition) is 4. The van der Waals surface area contributed by atoms with Crippen molar-refractivity contribution in [3.05, 3.63) is 54.1 Å². The molecule has 1 aliphatic heterocycles. The van der Waals surface area contributed by atoms with Gasteiger partial charge in [0.1, 0.15) is 11.5 Å². The van der Waals surface area contributed by atoms with Gasteiger partial charge in [0.25, 0.3) is 0 Å². The second-order valence-electron chi connectivity index (χ2n) is 6.15. The van der Waals surface area contributed by atoms with Crippen LogP contribution in [-0.4, -0.2) is 32.6 Å². The van der Waals surface area contributed by atoms with Crippen molar-refractivity contribution in [2.45, 2.75) is 13.0 Å². The Balaban J connectivity index is 1.69. The Bertz CT molecular complexity index is 792. The largest absolute Gasteiger partial charge is 0.497 e. The fourth-order valence-corrected chi connectivity index (χ4v) is 3.05. The topological polar surface area (TPSA) is 67.9 Å². The summed E-state index contributed by atoms with van der Waals surface area (Å²) in [5.74, 6) is 0.597.